The topological polar surface area (TPSA) is 0 Å². The summed E-state index contributed by atoms with van der Waals surface area (Å²) in [5.74, 6) is 4.48. The summed E-state index contributed by atoms with van der Waals surface area (Å²) in [6, 6.07) is 11.0. The van der Waals surface area contributed by atoms with Crippen molar-refractivity contribution in [2.24, 2.45) is 5.41 Å². The quantitative estimate of drug-likeness (QED) is 0.445. The maximum atomic E-state index is 3.81. The number of hydrogen-bond donors (Lipinski definition) is 0. The first kappa shape index (κ1) is 17.4. The number of benzene rings is 1. The van der Waals surface area contributed by atoms with Crippen molar-refractivity contribution in [3.8, 4) is 11.5 Å². The van der Waals surface area contributed by atoms with E-state index in [2.05, 4.69) is 82.6 Å². The molecule has 0 aromatic heterocycles. The Morgan fingerprint density at radius 2 is 1.82 bits per heavy atom. The molecule has 1 heteroatoms. The van der Waals surface area contributed by atoms with Gasteiger partial charge in [-0.1, -0.05) is 84.0 Å². The van der Waals surface area contributed by atoms with E-state index >= 15 is 0 Å². The Morgan fingerprint density at radius 3 is 2.36 bits per heavy atom. The van der Waals surface area contributed by atoms with Crippen LogP contribution in [0, 0.1) is 16.9 Å². The predicted octanol–water partition coefficient (Wildman–Crippen LogP) is 6.40. The van der Waals surface area contributed by atoms with Crippen molar-refractivity contribution in [2.45, 2.75) is 77.4 Å². The van der Waals surface area contributed by atoms with Gasteiger partial charge < -0.3 is 0 Å². The van der Waals surface area contributed by atoms with Gasteiger partial charge in [0, 0.05) is 11.3 Å². The van der Waals surface area contributed by atoms with Gasteiger partial charge >= 0.3 is 0 Å². The lowest BCUT2D eigenvalue weighted by molar-refractivity contribution is 0.545. The summed E-state index contributed by atoms with van der Waals surface area (Å²) in [6.45, 7) is 14.2. The fourth-order valence-corrected chi connectivity index (χ4v) is 3.80. The van der Waals surface area contributed by atoms with Gasteiger partial charge in [0.15, 0.2) is 0 Å². The van der Waals surface area contributed by atoms with E-state index in [-0.39, 0.29) is 5.41 Å². The molecule has 1 aliphatic rings. The summed E-state index contributed by atoms with van der Waals surface area (Å²) >= 11 is 0. The molecule has 1 aliphatic carbocycles. The second-order valence-electron chi connectivity index (χ2n) is 8.55. The lowest BCUT2D eigenvalue weighted by Crippen LogP contribution is -2.35. The summed E-state index contributed by atoms with van der Waals surface area (Å²) in [4.78, 5) is 0. The van der Waals surface area contributed by atoms with Gasteiger partial charge in [-0.15, -0.1) is 11.5 Å². The zero-order valence-electron chi connectivity index (χ0n) is 15.3. The maximum Gasteiger partial charge on any atom is 0.137 e. The number of hydrogen-bond acceptors (Lipinski definition) is 0. The van der Waals surface area contributed by atoms with Gasteiger partial charge in [0.05, 0.1) is 0 Å². The standard InChI is InChI=1S/C21H32Si/c1-7-8-14-21(15-16-22(5,6)20(2,3)4)17-19(21)18-12-10-9-11-13-18/h9-13,19H,7-8,14,17H2,1-6H3. The van der Waals surface area contributed by atoms with E-state index in [1.165, 1.54) is 31.2 Å². The van der Waals surface area contributed by atoms with E-state index < -0.39 is 8.07 Å². The zero-order valence-corrected chi connectivity index (χ0v) is 16.3. The van der Waals surface area contributed by atoms with Crippen LogP contribution >= 0.6 is 0 Å². The Labute approximate surface area is 138 Å². The smallest absolute Gasteiger partial charge is 0.131 e. The minimum atomic E-state index is -1.51. The third kappa shape index (κ3) is 3.66. The van der Waals surface area contributed by atoms with Crippen molar-refractivity contribution in [3.63, 3.8) is 0 Å². The van der Waals surface area contributed by atoms with Gasteiger partial charge in [0.2, 0.25) is 0 Å². The minimum absolute atomic E-state index is 0.271. The Morgan fingerprint density at radius 1 is 1.18 bits per heavy atom. The summed E-state index contributed by atoms with van der Waals surface area (Å²) < 4.78 is 0. The van der Waals surface area contributed by atoms with Crippen LogP contribution in [0.2, 0.25) is 18.1 Å². The molecule has 2 rings (SSSR count). The van der Waals surface area contributed by atoms with Crippen molar-refractivity contribution in [1.29, 1.82) is 0 Å². The van der Waals surface area contributed by atoms with E-state index in [1.54, 1.807) is 0 Å². The molecule has 0 nitrogen and oxygen atoms in total. The monoisotopic (exact) mass is 312 g/mol. The summed E-state index contributed by atoms with van der Waals surface area (Å²) in [7, 11) is -1.51. The van der Waals surface area contributed by atoms with Gasteiger partial charge in [-0.3, -0.25) is 0 Å². The first-order chi connectivity index (χ1) is 10.2. The fourth-order valence-electron chi connectivity index (χ4n) is 2.86. The van der Waals surface area contributed by atoms with Crippen LogP contribution in [0.25, 0.3) is 0 Å². The van der Waals surface area contributed by atoms with Crippen LogP contribution in [0.4, 0.5) is 0 Å². The molecule has 0 heterocycles. The van der Waals surface area contributed by atoms with Crippen LogP contribution in [0.15, 0.2) is 30.3 Å². The molecule has 0 saturated heterocycles. The van der Waals surface area contributed by atoms with Gasteiger partial charge in [0.1, 0.15) is 8.07 Å². The Bertz CT molecular complexity index is 553. The highest BCUT2D eigenvalue weighted by molar-refractivity contribution is 6.87. The lowest BCUT2D eigenvalue weighted by Gasteiger charge is -2.31. The highest BCUT2D eigenvalue weighted by atomic mass is 28.3. The molecule has 0 N–H and O–H groups in total. The summed E-state index contributed by atoms with van der Waals surface area (Å²) in [5, 5.41) is 0.350. The lowest BCUT2D eigenvalue weighted by atomic mass is 9.94. The highest BCUT2D eigenvalue weighted by Crippen LogP contribution is 2.62. The van der Waals surface area contributed by atoms with Crippen LogP contribution in [0.3, 0.4) is 0 Å². The predicted molar refractivity (Wildman–Crippen MR) is 101 cm³/mol. The van der Waals surface area contributed by atoms with Crippen LogP contribution in [-0.2, 0) is 0 Å². The van der Waals surface area contributed by atoms with Crippen LogP contribution in [-0.4, -0.2) is 8.07 Å². The van der Waals surface area contributed by atoms with E-state index in [0.717, 1.165) is 0 Å². The van der Waals surface area contributed by atoms with Crippen molar-refractivity contribution < 1.29 is 0 Å². The number of unbranched alkanes of at least 4 members (excludes halogenated alkanes) is 1. The molecule has 0 radical (unpaired) electrons. The Hall–Kier alpha value is -1.00. The molecular weight excluding hydrogens is 280 g/mol. The molecule has 0 bridgehead atoms. The highest BCUT2D eigenvalue weighted by Gasteiger charge is 2.53. The second kappa shape index (κ2) is 6.24. The third-order valence-electron chi connectivity index (χ3n) is 5.75. The van der Waals surface area contributed by atoms with E-state index in [1.807, 2.05) is 0 Å². The molecule has 120 valence electrons. The molecular formula is C21H32Si. The van der Waals surface area contributed by atoms with E-state index in [9.17, 15) is 0 Å². The van der Waals surface area contributed by atoms with Crippen molar-refractivity contribution >= 4 is 8.07 Å². The Kier molecular flexibility index (Phi) is 4.92. The van der Waals surface area contributed by atoms with Crippen LogP contribution < -0.4 is 0 Å². The first-order valence-electron chi connectivity index (χ1n) is 8.81. The van der Waals surface area contributed by atoms with Gasteiger partial charge in [-0.05, 0) is 23.4 Å². The molecule has 2 unspecified atom stereocenters. The molecule has 0 amide bonds. The van der Waals surface area contributed by atoms with E-state index in [4.69, 9.17) is 0 Å². The van der Waals surface area contributed by atoms with Gasteiger partial charge in [-0.25, -0.2) is 0 Å². The fraction of sp³-hybridized carbons (Fsp3) is 0.619. The second-order valence-corrected chi connectivity index (χ2v) is 13.6. The molecule has 2 atom stereocenters. The average Bonchev–Trinajstić information content (AvgIpc) is 3.18. The molecule has 1 aromatic carbocycles. The molecule has 0 spiro atoms. The van der Waals surface area contributed by atoms with E-state index in [0.29, 0.717) is 11.0 Å². The first-order valence-corrected chi connectivity index (χ1v) is 11.8. The molecule has 22 heavy (non-hydrogen) atoms. The molecule has 1 saturated carbocycles. The Balaban J connectivity index is 2.24. The largest absolute Gasteiger partial charge is 0.137 e. The van der Waals surface area contributed by atoms with Crippen LogP contribution in [0.5, 0.6) is 0 Å². The third-order valence-corrected chi connectivity index (χ3v) is 10.3. The average molecular weight is 313 g/mol. The van der Waals surface area contributed by atoms with Crippen molar-refractivity contribution in [1.82, 2.24) is 0 Å². The normalized spacial score (nSPS) is 24.5. The maximum absolute atomic E-state index is 3.81. The molecule has 0 aliphatic heterocycles. The molecule has 1 aromatic rings. The van der Waals surface area contributed by atoms with Crippen molar-refractivity contribution in [2.75, 3.05) is 0 Å². The summed E-state index contributed by atoms with van der Waals surface area (Å²) in [5.41, 5.74) is 5.56. The van der Waals surface area contributed by atoms with Gasteiger partial charge in [-0.2, -0.15) is 0 Å². The zero-order chi connectivity index (χ0) is 16.4. The minimum Gasteiger partial charge on any atom is -0.131 e. The summed E-state index contributed by atoms with van der Waals surface area (Å²) in [6.07, 6.45) is 5.10. The molecule has 1 fully saturated rings. The van der Waals surface area contributed by atoms with Crippen LogP contribution in [0.1, 0.15) is 64.9 Å². The SMILES string of the molecule is CCCCC1(C#C[Si](C)(C)C(C)(C)C)CC1c1ccccc1. The van der Waals surface area contributed by atoms with Gasteiger partial charge in [0.25, 0.3) is 0 Å². The number of rotatable bonds is 4. The van der Waals surface area contributed by atoms with Crippen molar-refractivity contribution in [3.05, 3.63) is 35.9 Å².